The molecule has 1 amide bonds. The Morgan fingerprint density at radius 1 is 1.13 bits per heavy atom. The first-order chi connectivity index (χ1) is 14.4. The van der Waals surface area contributed by atoms with Gasteiger partial charge < -0.3 is 14.6 Å². The number of anilines is 1. The summed E-state index contributed by atoms with van der Waals surface area (Å²) in [6, 6.07) is 13.3. The number of carbonyl (C=O) groups excluding carboxylic acids is 3. The number of carbonyl (C=O) groups is 3. The summed E-state index contributed by atoms with van der Waals surface area (Å²) in [6.07, 6.45) is 0.792. The first-order valence-corrected chi connectivity index (χ1v) is 10.0. The van der Waals surface area contributed by atoms with Crippen molar-refractivity contribution in [3.8, 4) is 0 Å². The number of ether oxygens (including phenoxy) is 1. The third kappa shape index (κ3) is 3.49. The molecule has 154 valence electrons. The van der Waals surface area contributed by atoms with Crippen LogP contribution in [0.25, 0.3) is 10.9 Å². The van der Waals surface area contributed by atoms with Gasteiger partial charge in [0, 0.05) is 41.3 Å². The SMILES string of the molecule is Cc1cccc(N2C[C@@H](C(=O)O[C@@H](C)C(=O)c3c[nH]c4ccccc34)CC2=O)c1C. The number of Topliss-reactive ketones (excluding diaryl/α,β-unsaturated/α-hetero) is 1. The molecule has 1 N–H and O–H groups in total. The van der Waals surface area contributed by atoms with E-state index in [0.29, 0.717) is 5.56 Å². The number of aromatic nitrogens is 1. The second kappa shape index (κ2) is 7.78. The van der Waals surface area contributed by atoms with Crippen LogP contribution in [0.4, 0.5) is 5.69 Å². The normalized spacial score (nSPS) is 17.4. The average Bonchev–Trinajstić information content (AvgIpc) is 3.33. The molecule has 0 saturated carbocycles. The van der Waals surface area contributed by atoms with Gasteiger partial charge in [-0.3, -0.25) is 14.4 Å². The van der Waals surface area contributed by atoms with E-state index >= 15 is 0 Å². The van der Waals surface area contributed by atoms with Gasteiger partial charge in [0.25, 0.3) is 0 Å². The predicted octanol–water partition coefficient (Wildman–Crippen LogP) is 3.95. The molecule has 1 aliphatic rings. The highest BCUT2D eigenvalue weighted by Crippen LogP contribution is 2.30. The van der Waals surface area contributed by atoms with Gasteiger partial charge >= 0.3 is 5.97 Å². The molecule has 0 unspecified atom stereocenters. The quantitative estimate of drug-likeness (QED) is 0.516. The molecule has 1 fully saturated rings. The van der Waals surface area contributed by atoms with Crippen LogP contribution >= 0.6 is 0 Å². The summed E-state index contributed by atoms with van der Waals surface area (Å²) >= 11 is 0. The van der Waals surface area contributed by atoms with Gasteiger partial charge in [0.15, 0.2) is 6.10 Å². The summed E-state index contributed by atoms with van der Waals surface area (Å²) < 4.78 is 5.47. The lowest BCUT2D eigenvalue weighted by Crippen LogP contribution is -2.30. The molecule has 0 radical (unpaired) electrons. The van der Waals surface area contributed by atoms with Crippen LogP contribution in [0.5, 0.6) is 0 Å². The van der Waals surface area contributed by atoms with Gasteiger partial charge in [0.2, 0.25) is 11.7 Å². The van der Waals surface area contributed by atoms with Crippen LogP contribution in [-0.4, -0.2) is 35.3 Å². The van der Waals surface area contributed by atoms with Crippen LogP contribution in [0.15, 0.2) is 48.7 Å². The number of amides is 1. The van der Waals surface area contributed by atoms with Crippen LogP contribution < -0.4 is 4.90 Å². The van der Waals surface area contributed by atoms with Crippen LogP contribution in [0, 0.1) is 19.8 Å². The summed E-state index contributed by atoms with van der Waals surface area (Å²) in [5.41, 5.74) is 4.26. The third-order valence-electron chi connectivity index (χ3n) is 5.84. The molecule has 1 aromatic heterocycles. The number of nitrogens with one attached hydrogen (secondary N) is 1. The second-order valence-corrected chi connectivity index (χ2v) is 7.82. The number of nitrogens with zero attached hydrogens (tertiary/aromatic N) is 1. The molecule has 4 rings (SSSR count). The monoisotopic (exact) mass is 404 g/mol. The van der Waals surface area contributed by atoms with Crippen LogP contribution in [0.3, 0.4) is 0 Å². The first-order valence-electron chi connectivity index (χ1n) is 10.0. The molecule has 2 atom stereocenters. The van der Waals surface area contributed by atoms with Crippen molar-refractivity contribution in [2.75, 3.05) is 11.4 Å². The second-order valence-electron chi connectivity index (χ2n) is 7.82. The topological polar surface area (TPSA) is 79.5 Å². The zero-order valence-corrected chi connectivity index (χ0v) is 17.3. The number of esters is 1. The Labute approximate surface area is 174 Å². The maximum Gasteiger partial charge on any atom is 0.312 e. The largest absolute Gasteiger partial charge is 0.454 e. The zero-order valence-electron chi connectivity index (χ0n) is 17.3. The Kier molecular flexibility index (Phi) is 5.16. The Hall–Kier alpha value is -3.41. The maximum absolute atomic E-state index is 12.8. The van der Waals surface area contributed by atoms with Gasteiger partial charge in [-0.25, -0.2) is 0 Å². The van der Waals surface area contributed by atoms with Crippen molar-refractivity contribution in [1.29, 1.82) is 0 Å². The van der Waals surface area contributed by atoms with E-state index in [1.54, 1.807) is 18.0 Å². The van der Waals surface area contributed by atoms with Crippen molar-refractivity contribution in [2.45, 2.75) is 33.3 Å². The number of hydrogen-bond acceptors (Lipinski definition) is 4. The molecule has 0 aliphatic carbocycles. The fourth-order valence-corrected chi connectivity index (χ4v) is 3.94. The molecule has 6 heteroatoms. The third-order valence-corrected chi connectivity index (χ3v) is 5.84. The highest BCUT2D eigenvalue weighted by atomic mass is 16.5. The van der Waals surface area contributed by atoms with E-state index in [4.69, 9.17) is 4.74 Å². The average molecular weight is 404 g/mol. The molecule has 0 spiro atoms. The van der Waals surface area contributed by atoms with Crippen LogP contribution in [0.2, 0.25) is 0 Å². The highest BCUT2D eigenvalue weighted by molar-refractivity contribution is 6.10. The summed E-state index contributed by atoms with van der Waals surface area (Å²) in [5, 5.41) is 0.794. The van der Waals surface area contributed by atoms with Crippen molar-refractivity contribution in [3.05, 3.63) is 65.4 Å². The number of H-pyrrole nitrogens is 1. The Bertz CT molecular complexity index is 1150. The number of fused-ring (bicyclic) bond motifs is 1. The molecule has 2 aromatic carbocycles. The molecule has 6 nitrogen and oxygen atoms in total. The van der Waals surface area contributed by atoms with Gasteiger partial charge in [-0.05, 0) is 44.0 Å². The summed E-state index contributed by atoms with van der Waals surface area (Å²) in [7, 11) is 0. The number of para-hydroxylation sites is 1. The minimum atomic E-state index is -0.929. The number of hydrogen-bond donors (Lipinski definition) is 1. The highest BCUT2D eigenvalue weighted by Gasteiger charge is 2.38. The Morgan fingerprint density at radius 3 is 2.70 bits per heavy atom. The molecule has 30 heavy (non-hydrogen) atoms. The van der Waals surface area contributed by atoms with Gasteiger partial charge in [-0.2, -0.15) is 0 Å². The lowest BCUT2D eigenvalue weighted by Gasteiger charge is -2.20. The van der Waals surface area contributed by atoms with E-state index in [1.807, 2.05) is 56.3 Å². The van der Waals surface area contributed by atoms with Crippen LogP contribution in [0.1, 0.15) is 34.8 Å². The van der Waals surface area contributed by atoms with Gasteiger partial charge in [-0.15, -0.1) is 0 Å². The van der Waals surface area contributed by atoms with E-state index in [2.05, 4.69) is 4.98 Å². The number of rotatable bonds is 5. The molecule has 1 saturated heterocycles. The lowest BCUT2D eigenvalue weighted by atomic mass is 10.1. The van der Waals surface area contributed by atoms with Gasteiger partial charge in [0.05, 0.1) is 5.92 Å². The van der Waals surface area contributed by atoms with E-state index in [0.717, 1.165) is 27.7 Å². The van der Waals surface area contributed by atoms with Crippen molar-refractivity contribution in [3.63, 3.8) is 0 Å². The molecular formula is C24H24N2O4. The predicted molar refractivity (Wildman–Crippen MR) is 115 cm³/mol. The van der Waals surface area contributed by atoms with Crippen molar-refractivity contribution in [1.82, 2.24) is 4.98 Å². The van der Waals surface area contributed by atoms with Crippen molar-refractivity contribution >= 4 is 34.3 Å². The first kappa shape index (κ1) is 19.9. The fourth-order valence-electron chi connectivity index (χ4n) is 3.94. The summed E-state index contributed by atoms with van der Waals surface area (Å²) in [4.78, 5) is 42.8. The minimum absolute atomic E-state index is 0.0835. The minimum Gasteiger partial charge on any atom is -0.454 e. The maximum atomic E-state index is 12.8. The number of benzene rings is 2. The number of aromatic amines is 1. The summed E-state index contributed by atoms with van der Waals surface area (Å²) in [6.45, 7) is 5.78. The van der Waals surface area contributed by atoms with Crippen LogP contribution in [-0.2, 0) is 14.3 Å². The molecule has 3 aromatic rings. The number of aryl methyl sites for hydroxylation is 1. The fraction of sp³-hybridized carbons (Fsp3) is 0.292. The molecule has 0 bridgehead atoms. The van der Waals surface area contributed by atoms with E-state index in [-0.39, 0.29) is 24.7 Å². The lowest BCUT2D eigenvalue weighted by molar-refractivity contribution is -0.151. The molecular weight excluding hydrogens is 380 g/mol. The van der Waals surface area contributed by atoms with E-state index in [9.17, 15) is 14.4 Å². The van der Waals surface area contributed by atoms with E-state index in [1.165, 1.54) is 0 Å². The smallest absolute Gasteiger partial charge is 0.312 e. The molecule has 2 heterocycles. The Morgan fingerprint density at radius 2 is 1.90 bits per heavy atom. The van der Waals surface area contributed by atoms with Gasteiger partial charge in [-0.1, -0.05) is 30.3 Å². The zero-order chi connectivity index (χ0) is 21.4. The van der Waals surface area contributed by atoms with E-state index < -0.39 is 18.0 Å². The van der Waals surface area contributed by atoms with Crippen molar-refractivity contribution < 1.29 is 19.1 Å². The molecule has 1 aliphatic heterocycles. The van der Waals surface area contributed by atoms with Crippen molar-refractivity contribution in [2.24, 2.45) is 5.92 Å². The van der Waals surface area contributed by atoms with Gasteiger partial charge in [0.1, 0.15) is 0 Å². The number of ketones is 1. The standard InChI is InChI=1S/C24H24N2O4/c1-14-7-6-10-21(15(14)2)26-13-17(11-22(26)27)24(29)30-16(3)23(28)19-12-25-20-9-5-4-8-18(19)20/h4-10,12,16-17,25H,11,13H2,1-3H3/t16-,17-/m0/s1. The summed E-state index contributed by atoms with van der Waals surface area (Å²) in [5.74, 6) is -1.48. The Balaban J connectivity index is 1.45.